The second-order valence-corrected chi connectivity index (χ2v) is 4.54. The SMILES string of the molecule is NCc1cn(CCn2cc(-c3ccccc3)cn2)nn1. The van der Waals surface area contributed by atoms with Crippen LogP contribution in [0.4, 0.5) is 0 Å². The van der Waals surface area contributed by atoms with Gasteiger partial charge in [-0.15, -0.1) is 5.10 Å². The molecule has 0 spiro atoms. The molecule has 0 unspecified atom stereocenters. The van der Waals surface area contributed by atoms with Crippen molar-refractivity contribution in [3.8, 4) is 11.1 Å². The lowest BCUT2D eigenvalue weighted by molar-refractivity contribution is 0.490. The summed E-state index contributed by atoms with van der Waals surface area (Å²) in [4.78, 5) is 0. The fraction of sp³-hybridized carbons (Fsp3) is 0.214. The minimum absolute atomic E-state index is 0.417. The van der Waals surface area contributed by atoms with Crippen LogP contribution in [-0.2, 0) is 19.6 Å². The molecule has 3 aromatic rings. The highest BCUT2D eigenvalue weighted by atomic mass is 15.4. The van der Waals surface area contributed by atoms with Gasteiger partial charge in [-0.3, -0.25) is 9.36 Å². The highest BCUT2D eigenvalue weighted by Gasteiger charge is 2.02. The molecule has 0 fully saturated rings. The van der Waals surface area contributed by atoms with E-state index in [1.54, 1.807) is 4.68 Å². The first-order valence-corrected chi connectivity index (χ1v) is 6.52. The monoisotopic (exact) mass is 268 g/mol. The summed E-state index contributed by atoms with van der Waals surface area (Å²) in [6.45, 7) is 1.89. The van der Waals surface area contributed by atoms with Crippen LogP contribution in [0, 0.1) is 0 Å². The van der Waals surface area contributed by atoms with Gasteiger partial charge in [0, 0.05) is 24.5 Å². The summed E-state index contributed by atoms with van der Waals surface area (Å²) in [6.07, 6.45) is 5.78. The van der Waals surface area contributed by atoms with Crippen LogP contribution in [0.15, 0.2) is 48.9 Å². The molecule has 0 aliphatic rings. The zero-order chi connectivity index (χ0) is 13.8. The molecule has 102 valence electrons. The van der Waals surface area contributed by atoms with Crippen molar-refractivity contribution >= 4 is 0 Å². The number of hydrogen-bond acceptors (Lipinski definition) is 4. The van der Waals surface area contributed by atoms with Gasteiger partial charge in [-0.2, -0.15) is 5.10 Å². The van der Waals surface area contributed by atoms with Crippen molar-refractivity contribution in [1.29, 1.82) is 0 Å². The topological polar surface area (TPSA) is 74.5 Å². The van der Waals surface area contributed by atoms with Crippen LogP contribution in [0.2, 0.25) is 0 Å². The van der Waals surface area contributed by atoms with Gasteiger partial charge in [0.05, 0.1) is 25.0 Å². The van der Waals surface area contributed by atoms with Gasteiger partial charge in [-0.25, -0.2) is 0 Å². The van der Waals surface area contributed by atoms with Crippen molar-refractivity contribution in [3.05, 3.63) is 54.6 Å². The Morgan fingerprint density at radius 2 is 1.75 bits per heavy atom. The summed E-state index contributed by atoms with van der Waals surface area (Å²) in [7, 11) is 0. The highest BCUT2D eigenvalue weighted by Crippen LogP contribution is 2.17. The lowest BCUT2D eigenvalue weighted by Gasteiger charge is -2.00. The molecule has 0 radical (unpaired) electrons. The predicted molar refractivity (Wildman–Crippen MR) is 75.6 cm³/mol. The van der Waals surface area contributed by atoms with Crippen molar-refractivity contribution in [3.63, 3.8) is 0 Å². The van der Waals surface area contributed by atoms with E-state index in [1.165, 1.54) is 5.56 Å². The van der Waals surface area contributed by atoms with E-state index >= 15 is 0 Å². The third-order valence-corrected chi connectivity index (χ3v) is 3.09. The standard InChI is InChI=1S/C14H16N6/c15-8-14-11-20(18-17-14)7-6-19-10-13(9-16-19)12-4-2-1-3-5-12/h1-5,9-11H,6-8,15H2. The largest absolute Gasteiger partial charge is 0.325 e. The van der Waals surface area contributed by atoms with Crippen molar-refractivity contribution in [2.75, 3.05) is 0 Å². The maximum atomic E-state index is 5.50. The number of hydrogen-bond donors (Lipinski definition) is 1. The molecular formula is C14H16N6. The molecule has 0 amide bonds. The molecule has 0 aliphatic carbocycles. The fourth-order valence-corrected chi connectivity index (χ4v) is 2.01. The first kappa shape index (κ1) is 12.6. The number of aryl methyl sites for hydroxylation is 2. The van der Waals surface area contributed by atoms with Gasteiger partial charge < -0.3 is 5.73 Å². The van der Waals surface area contributed by atoms with Crippen molar-refractivity contribution in [1.82, 2.24) is 24.8 Å². The van der Waals surface area contributed by atoms with Crippen LogP contribution in [0.25, 0.3) is 11.1 Å². The van der Waals surface area contributed by atoms with Gasteiger partial charge in [-0.05, 0) is 5.56 Å². The molecule has 3 rings (SSSR count). The zero-order valence-corrected chi connectivity index (χ0v) is 11.1. The molecular weight excluding hydrogens is 252 g/mol. The first-order chi connectivity index (χ1) is 9.85. The van der Waals surface area contributed by atoms with Crippen molar-refractivity contribution in [2.24, 2.45) is 5.73 Å². The highest BCUT2D eigenvalue weighted by molar-refractivity contribution is 5.61. The molecule has 20 heavy (non-hydrogen) atoms. The Hall–Kier alpha value is -2.47. The normalized spacial score (nSPS) is 10.8. The third-order valence-electron chi connectivity index (χ3n) is 3.09. The maximum absolute atomic E-state index is 5.50. The molecule has 0 atom stereocenters. The molecule has 2 aromatic heterocycles. The van der Waals surface area contributed by atoms with Crippen LogP contribution in [0.1, 0.15) is 5.69 Å². The summed E-state index contributed by atoms with van der Waals surface area (Å²) in [5, 5.41) is 12.3. The molecule has 6 heteroatoms. The Balaban J connectivity index is 1.65. The van der Waals surface area contributed by atoms with E-state index in [9.17, 15) is 0 Å². The summed E-state index contributed by atoms with van der Waals surface area (Å²) < 4.78 is 3.69. The van der Waals surface area contributed by atoms with Crippen molar-refractivity contribution in [2.45, 2.75) is 19.6 Å². The van der Waals surface area contributed by atoms with E-state index in [1.807, 2.05) is 41.5 Å². The maximum Gasteiger partial charge on any atom is 0.0962 e. The number of benzene rings is 1. The lowest BCUT2D eigenvalue weighted by atomic mass is 10.1. The molecule has 6 nitrogen and oxygen atoms in total. The first-order valence-electron chi connectivity index (χ1n) is 6.52. The number of rotatable bonds is 5. The number of nitrogens with zero attached hydrogens (tertiary/aromatic N) is 5. The van der Waals surface area contributed by atoms with Crippen LogP contribution in [-0.4, -0.2) is 24.8 Å². The average molecular weight is 268 g/mol. The van der Waals surface area contributed by atoms with Gasteiger partial charge in [0.2, 0.25) is 0 Å². The summed E-state index contributed by atoms with van der Waals surface area (Å²) in [6, 6.07) is 10.2. The summed E-state index contributed by atoms with van der Waals surface area (Å²) in [5.74, 6) is 0. The van der Waals surface area contributed by atoms with Crippen LogP contribution in [0.5, 0.6) is 0 Å². The minimum atomic E-state index is 0.417. The zero-order valence-electron chi connectivity index (χ0n) is 11.1. The Morgan fingerprint density at radius 3 is 2.50 bits per heavy atom. The minimum Gasteiger partial charge on any atom is -0.325 e. The lowest BCUT2D eigenvalue weighted by Crippen LogP contribution is -2.08. The Morgan fingerprint density at radius 1 is 0.950 bits per heavy atom. The van der Waals surface area contributed by atoms with Gasteiger partial charge in [0.25, 0.3) is 0 Å². The Kier molecular flexibility index (Phi) is 3.56. The molecule has 0 saturated heterocycles. The van der Waals surface area contributed by atoms with Crippen LogP contribution < -0.4 is 5.73 Å². The number of nitrogens with two attached hydrogens (primary N) is 1. The average Bonchev–Trinajstić information content (AvgIpc) is 3.15. The third kappa shape index (κ3) is 2.75. The van der Waals surface area contributed by atoms with Crippen molar-refractivity contribution < 1.29 is 0 Å². The Bertz CT molecular complexity index is 670. The molecule has 0 aliphatic heterocycles. The molecule has 2 heterocycles. The smallest absolute Gasteiger partial charge is 0.0962 e. The molecule has 1 aromatic carbocycles. The van der Waals surface area contributed by atoms with E-state index in [4.69, 9.17) is 5.73 Å². The Labute approximate surface area is 116 Å². The quantitative estimate of drug-likeness (QED) is 0.757. The van der Waals surface area contributed by atoms with E-state index in [2.05, 4.69) is 27.5 Å². The summed E-state index contributed by atoms with van der Waals surface area (Å²) >= 11 is 0. The van der Waals surface area contributed by atoms with Gasteiger partial charge in [0.15, 0.2) is 0 Å². The van der Waals surface area contributed by atoms with E-state index in [0.29, 0.717) is 6.54 Å². The fourth-order valence-electron chi connectivity index (χ4n) is 2.01. The van der Waals surface area contributed by atoms with E-state index in [-0.39, 0.29) is 0 Å². The molecule has 0 saturated carbocycles. The second kappa shape index (κ2) is 5.66. The van der Waals surface area contributed by atoms with Gasteiger partial charge in [-0.1, -0.05) is 35.5 Å². The van der Waals surface area contributed by atoms with E-state index in [0.717, 1.165) is 24.3 Å². The summed E-state index contributed by atoms with van der Waals surface area (Å²) in [5.41, 5.74) is 8.59. The molecule has 2 N–H and O–H groups in total. The predicted octanol–water partition coefficient (Wildman–Crippen LogP) is 1.30. The number of aromatic nitrogens is 5. The second-order valence-electron chi connectivity index (χ2n) is 4.54. The van der Waals surface area contributed by atoms with E-state index < -0.39 is 0 Å². The van der Waals surface area contributed by atoms with Crippen LogP contribution >= 0.6 is 0 Å². The van der Waals surface area contributed by atoms with Gasteiger partial charge >= 0.3 is 0 Å². The van der Waals surface area contributed by atoms with Crippen LogP contribution in [0.3, 0.4) is 0 Å². The molecule has 0 bridgehead atoms. The van der Waals surface area contributed by atoms with Gasteiger partial charge in [0.1, 0.15) is 0 Å².